The highest BCUT2D eigenvalue weighted by atomic mass is 19.1. The maximum absolute atomic E-state index is 13.2. The molecular formula is C25H24FNO3. The Hall–Kier alpha value is -3.21. The SMILES string of the molecule is Cc1ccc(OCc2ccc(F)cc2)c(C2CCCC2c2cccc(C(=O)O)n2)c1. The van der Waals surface area contributed by atoms with Crippen LogP contribution in [0.15, 0.2) is 60.7 Å². The molecule has 2 unspecified atom stereocenters. The van der Waals surface area contributed by atoms with Crippen LogP contribution in [-0.4, -0.2) is 16.1 Å². The lowest BCUT2D eigenvalue weighted by atomic mass is 9.85. The van der Waals surface area contributed by atoms with Crippen LogP contribution >= 0.6 is 0 Å². The van der Waals surface area contributed by atoms with E-state index < -0.39 is 5.97 Å². The summed E-state index contributed by atoms with van der Waals surface area (Å²) in [6.45, 7) is 2.42. The van der Waals surface area contributed by atoms with Crippen LogP contribution in [0.25, 0.3) is 0 Å². The summed E-state index contributed by atoms with van der Waals surface area (Å²) < 4.78 is 19.3. The van der Waals surface area contributed by atoms with Gasteiger partial charge in [-0.3, -0.25) is 0 Å². The summed E-state index contributed by atoms with van der Waals surface area (Å²) in [5.74, 6) is -0.0925. The predicted molar refractivity (Wildman–Crippen MR) is 112 cm³/mol. The maximum Gasteiger partial charge on any atom is 0.354 e. The van der Waals surface area contributed by atoms with Crippen molar-refractivity contribution in [3.8, 4) is 5.75 Å². The van der Waals surface area contributed by atoms with E-state index in [0.29, 0.717) is 6.61 Å². The van der Waals surface area contributed by atoms with E-state index in [2.05, 4.69) is 18.0 Å². The molecule has 1 saturated carbocycles. The third-order valence-corrected chi connectivity index (χ3v) is 5.76. The molecule has 0 amide bonds. The Morgan fingerprint density at radius 3 is 2.63 bits per heavy atom. The highest BCUT2D eigenvalue weighted by molar-refractivity contribution is 5.85. The standard InChI is InChI=1S/C25H24FNO3/c1-16-8-13-24(30-15-17-9-11-18(26)12-10-17)21(14-16)19-4-2-5-20(19)22-6-3-7-23(27-22)25(28)29/h3,6-14,19-20H,2,4-5,15H2,1H3,(H,28,29). The van der Waals surface area contributed by atoms with Crippen LogP contribution in [0.4, 0.5) is 4.39 Å². The van der Waals surface area contributed by atoms with Gasteiger partial charge in [-0.25, -0.2) is 14.2 Å². The quantitative estimate of drug-likeness (QED) is 0.558. The minimum atomic E-state index is -1.01. The molecule has 2 atom stereocenters. The van der Waals surface area contributed by atoms with Gasteiger partial charge in [-0.15, -0.1) is 0 Å². The third-order valence-electron chi connectivity index (χ3n) is 5.76. The number of carboxylic acid groups (broad SMARTS) is 1. The molecule has 4 nitrogen and oxygen atoms in total. The highest BCUT2D eigenvalue weighted by Gasteiger charge is 2.33. The predicted octanol–water partition coefficient (Wildman–Crippen LogP) is 5.86. The second kappa shape index (κ2) is 8.66. The van der Waals surface area contributed by atoms with Crippen LogP contribution in [-0.2, 0) is 6.61 Å². The Kier molecular flexibility index (Phi) is 5.79. The summed E-state index contributed by atoms with van der Waals surface area (Å²) in [6, 6.07) is 17.7. The summed E-state index contributed by atoms with van der Waals surface area (Å²) in [6.07, 6.45) is 3.02. The van der Waals surface area contributed by atoms with E-state index in [9.17, 15) is 14.3 Å². The van der Waals surface area contributed by atoms with Gasteiger partial charge in [-0.05, 0) is 67.1 Å². The fourth-order valence-corrected chi connectivity index (χ4v) is 4.29. The van der Waals surface area contributed by atoms with Crippen molar-refractivity contribution in [3.05, 3.63) is 94.6 Å². The number of nitrogens with zero attached hydrogens (tertiary/aromatic N) is 1. The van der Waals surface area contributed by atoms with Crippen LogP contribution in [0.3, 0.4) is 0 Å². The highest BCUT2D eigenvalue weighted by Crippen LogP contribution is 2.48. The minimum Gasteiger partial charge on any atom is -0.489 e. The Morgan fingerprint density at radius 2 is 1.87 bits per heavy atom. The number of aromatic nitrogens is 1. The third kappa shape index (κ3) is 4.35. The number of halogens is 1. The zero-order chi connectivity index (χ0) is 21.1. The average molecular weight is 405 g/mol. The first kappa shape index (κ1) is 20.1. The number of aromatic carboxylic acids is 1. The van der Waals surface area contributed by atoms with Gasteiger partial charge in [0, 0.05) is 11.6 Å². The second-order valence-electron chi connectivity index (χ2n) is 7.85. The van der Waals surface area contributed by atoms with Gasteiger partial charge in [-0.1, -0.05) is 42.3 Å². The summed E-state index contributed by atoms with van der Waals surface area (Å²) in [7, 11) is 0. The van der Waals surface area contributed by atoms with E-state index in [-0.39, 0.29) is 23.3 Å². The van der Waals surface area contributed by atoms with Gasteiger partial charge >= 0.3 is 5.97 Å². The summed E-state index contributed by atoms with van der Waals surface area (Å²) >= 11 is 0. The molecule has 0 saturated heterocycles. The molecule has 0 bridgehead atoms. The molecule has 1 aromatic heterocycles. The van der Waals surface area contributed by atoms with E-state index in [0.717, 1.165) is 47.4 Å². The number of carboxylic acids is 1. The molecule has 0 radical (unpaired) electrons. The molecule has 5 heteroatoms. The molecule has 1 fully saturated rings. The Balaban J connectivity index is 1.62. The van der Waals surface area contributed by atoms with Gasteiger partial charge in [0.1, 0.15) is 23.9 Å². The van der Waals surface area contributed by atoms with Crippen LogP contribution in [0.5, 0.6) is 5.75 Å². The Morgan fingerprint density at radius 1 is 1.10 bits per heavy atom. The first-order valence-corrected chi connectivity index (χ1v) is 10.2. The van der Waals surface area contributed by atoms with Crippen LogP contribution in [0, 0.1) is 12.7 Å². The lowest BCUT2D eigenvalue weighted by molar-refractivity contribution is 0.0690. The van der Waals surface area contributed by atoms with Crippen LogP contribution in [0.2, 0.25) is 0 Å². The first-order valence-electron chi connectivity index (χ1n) is 10.2. The minimum absolute atomic E-state index is 0.0789. The topological polar surface area (TPSA) is 59.4 Å². The zero-order valence-electron chi connectivity index (χ0n) is 16.8. The smallest absolute Gasteiger partial charge is 0.354 e. The molecule has 0 spiro atoms. The number of hydrogen-bond donors (Lipinski definition) is 1. The Bertz CT molecular complexity index is 1050. The number of aryl methyl sites for hydroxylation is 1. The number of carbonyl (C=O) groups is 1. The second-order valence-corrected chi connectivity index (χ2v) is 7.85. The van der Waals surface area contributed by atoms with Crippen molar-refractivity contribution in [2.75, 3.05) is 0 Å². The number of benzene rings is 2. The van der Waals surface area contributed by atoms with Crippen molar-refractivity contribution in [1.82, 2.24) is 4.98 Å². The number of hydrogen-bond acceptors (Lipinski definition) is 3. The normalized spacial score (nSPS) is 18.3. The van der Waals surface area contributed by atoms with Crippen LogP contribution < -0.4 is 4.74 Å². The van der Waals surface area contributed by atoms with Crippen molar-refractivity contribution in [2.45, 2.75) is 44.6 Å². The fraction of sp³-hybridized carbons (Fsp3) is 0.280. The van der Waals surface area contributed by atoms with Crippen molar-refractivity contribution in [2.24, 2.45) is 0 Å². The van der Waals surface area contributed by atoms with Crippen molar-refractivity contribution < 1.29 is 19.0 Å². The first-order chi connectivity index (χ1) is 14.5. The van der Waals surface area contributed by atoms with E-state index in [1.165, 1.54) is 18.2 Å². The van der Waals surface area contributed by atoms with E-state index in [1.807, 2.05) is 18.2 Å². The molecule has 1 heterocycles. The molecule has 2 aromatic carbocycles. The van der Waals surface area contributed by atoms with Gasteiger partial charge < -0.3 is 9.84 Å². The monoisotopic (exact) mass is 405 g/mol. The molecule has 1 aliphatic carbocycles. The number of rotatable bonds is 6. The lowest BCUT2D eigenvalue weighted by Gasteiger charge is -2.23. The van der Waals surface area contributed by atoms with Crippen molar-refractivity contribution >= 4 is 5.97 Å². The van der Waals surface area contributed by atoms with E-state index in [4.69, 9.17) is 4.74 Å². The molecule has 3 aromatic rings. The van der Waals surface area contributed by atoms with E-state index in [1.54, 1.807) is 18.2 Å². The van der Waals surface area contributed by atoms with Crippen molar-refractivity contribution in [1.29, 1.82) is 0 Å². The lowest BCUT2D eigenvalue weighted by Crippen LogP contribution is -2.11. The molecule has 0 aliphatic heterocycles. The Labute approximate surface area is 175 Å². The molecule has 30 heavy (non-hydrogen) atoms. The maximum atomic E-state index is 13.2. The van der Waals surface area contributed by atoms with Gasteiger partial charge in [-0.2, -0.15) is 0 Å². The molecule has 154 valence electrons. The van der Waals surface area contributed by atoms with Gasteiger partial charge in [0.15, 0.2) is 0 Å². The van der Waals surface area contributed by atoms with Gasteiger partial charge in [0.05, 0.1) is 0 Å². The molecule has 1 aliphatic rings. The van der Waals surface area contributed by atoms with Crippen LogP contribution in [0.1, 0.15) is 64.0 Å². The largest absolute Gasteiger partial charge is 0.489 e. The molecular weight excluding hydrogens is 381 g/mol. The fourth-order valence-electron chi connectivity index (χ4n) is 4.29. The number of pyridine rings is 1. The zero-order valence-corrected chi connectivity index (χ0v) is 16.8. The molecule has 1 N–H and O–H groups in total. The van der Waals surface area contributed by atoms with Crippen molar-refractivity contribution in [3.63, 3.8) is 0 Å². The number of ether oxygens (including phenoxy) is 1. The van der Waals surface area contributed by atoms with E-state index >= 15 is 0 Å². The summed E-state index contributed by atoms with van der Waals surface area (Å²) in [5.41, 5.74) is 4.08. The molecule has 4 rings (SSSR count). The van der Waals surface area contributed by atoms with Gasteiger partial charge in [0.25, 0.3) is 0 Å². The van der Waals surface area contributed by atoms with Gasteiger partial charge in [0.2, 0.25) is 0 Å². The average Bonchev–Trinajstić information content (AvgIpc) is 3.24. The summed E-state index contributed by atoms with van der Waals surface area (Å²) in [5, 5.41) is 9.30. The summed E-state index contributed by atoms with van der Waals surface area (Å²) in [4.78, 5) is 15.8.